The smallest absolute Gasteiger partial charge is 0.219 e. The van der Waals surface area contributed by atoms with Crippen molar-refractivity contribution in [2.75, 3.05) is 13.7 Å². The first-order chi connectivity index (χ1) is 14.2. The summed E-state index contributed by atoms with van der Waals surface area (Å²) in [5.74, 6) is 2.64. The van der Waals surface area contributed by atoms with E-state index in [0.29, 0.717) is 30.5 Å². The van der Waals surface area contributed by atoms with E-state index in [1.165, 1.54) is 9.75 Å². The molecule has 0 saturated heterocycles. The Hall–Kier alpha value is -2.33. The van der Waals surface area contributed by atoms with Crippen LogP contribution in [0.25, 0.3) is 0 Å². The van der Waals surface area contributed by atoms with E-state index in [9.17, 15) is 0 Å². The summed E-state index contributed by atoms with van der Waals surface area (Å²) < 4.78 is 11.4. The van der Waals surface area contributed by atoms with Gasteiger partial charge in [-0.15, -0.1) is 35.3 Å². The highest BCUT2D eigenvalue weighted by Gasteiger charge is 2.06. The van der Waals surface area contributed by atoms with Crippen LogP contribution in [0.1, 0.15) is 22.2 Å². The van der Waals surface area contributed by atoms with Crippen molar-refractivity contribution in [1.29, 1.82) is 0 Å². The molecule has 0 radical (unpaired) electrons. The van der Waals surface area contributed by atoms with Gasteiger partial charge in [-0.2, -0.15) is 0 Å². The van der Waals surface area contributed by atoms with Gasteiger partial charge in [0.1, 0.15) is 0 Å². The molecule has 0 saturated carbocycles. The summed E-state index contributed by atoms with van der Waals surface area (Å²) in [6, 6.07) is 15.7. The molecule has 0 amide bonds. The van der Waals surface area contributed by atoms with E-state index >= 15 is 0 Å². The molecule has 160 valence electrons. The van der Waals surface area contributed by atoms with E-state index in [2.05, 4.69) is 39.7 Å². The lowest BCUT2D eigenvalue weighted by Crippen LogP contribution is -2.36. The number of aliphatic imine (C=N–C) groups is 1. The normalized spacial score (nSPS) is 10.8. The van der Waals surface area contributed by atoms with E-state index in [-0.39, 0.29) is 24.0 Å². The number of thiophene rings is 1. The van der Waals surface area contributed by atoms with Crippen LogP contribution in [-0.2, 0) is 13.1 Å². The first kappa shape index (κ1) is 23.9. The van der Waals surface area contributed by atoms with Gasteiger partial charge < -0.3 is 20.1 Å². The zero-order valence-corrected chi connectivity index (χ0v) is 20.5. The van der Waals surface area contributed by atoms with E-state index < -0.39 is 0 Å². The Kier molecular flexibility index (Phi) is 9.88. The predicted molar refractivity (Wildman–Crippen MR) is 133 cm³/mol. The molecule has 0 aliphatic carbocycles. The Labute approximate surface area is 198 Å². The maximum absolute atomic E-state index is 5.86. The number of nitrogens with one attached hydrogen (secondary N) is 2. The summed E-state index contributed by atoms with van der Waals surface area (Å²) in [7, 11) is 1.76. The topological polar surface area (TPSA) is 67.8 Å². The number of aryl methyl sites for hydroxylation is 1. The highest BCUT2D eigenvalue weighted by atomic mass is 127. The molecule has 3 aromatic rings. The van der Waals surface area contributed by atoms with Gasteiger partial charge in [0.05, 0.1) is 13.2 Å². The van der Waals surface area contributed by atoms with Gasteiger partial charge in [-0.25, -0.2) is 4.98 Å². The summed E-state index contributed by atoms with van der Waals surface area (Å²) in [5.41, 5.74) is 1.03. The van der Waals surface area contributed by atoms with Gasteiger partial charge in [-0.1, -0.05) is 18.2 Å². The minimum Gasteiger partial charge on any atom is -0.490 e. The second-order valence-corrected chi connectivity index (χ2v) is 7.65. The Morgan fingerprint density at radius 1 is 1.03 bits per heavy atom. The Morgan fingerprint density at radius 3 is 2.43 bits per heavy atom. The zero-order chi connectivity index (χ0) is 20.5. The van der Waals surface area contributed by atoms with Crippen LogP contribution in [0.4, 0.5) is 0 Å². The summed E-state index contributed by atoms with van der Waals surface area (Å²) in [4.78, 5) is 11.3. The molecule has 2 heterocycles. The van der Waals surface area contributed by atoms with Crippen molar-refractivity contribution in [3.8, 4) is 17.4 Å². The number of para-hydroxylation sites is 2. The minimum atomic E-state index is 0. The van der Waals surface area contributed by atoms with Crippen LogP contribution in [0.5, 0.6) is 17.4 Å². The monoisotopic (exact) mass is 538 g/mol. The third kappa shape index (κ3) is 7.17. The van der Waals surface area contributed by atoms with Gasteiger partial charge in [0.15, 0.2) is 17.5 Å². The fourth-order valence-electron chi connectivity index (χ4n) is 2.66. The minimum absolute atomic E-state index is 0. The number of guanidine groups is 1. The fourth-order valence-corrected chi connectivity index (χ4v) is 3.49. The Morgan fingerprint density at radius 2 is 1.80 bits per heavy atom. The molecule has 2 N–H and O–H groups in total. The molecule has 1 aromatic carbocycles. The van der Waals surface area contributed by atoms with Crippen molar-refractivity contribution in [3.05, 3.63) is 70.0 Å². The van der Waals surface area contributed by atoms with Crippen LogP contribution >= 0.6 is 35.3 Å². The molecule has 0 bridgehead atoms. The SMILES string of the molecule is CCOc1ccccc1Oc1ccc(CNC(=NC)NCc2ccc(C)s2)cn1.I. The van der Waals surface area contributed by atoms with Crippen molar-refractivity contribution in [1.82, 2.24) is 15.6 Å². The van der Waals surface area contributed by atoms with Gasteiger partial charge in [0.2, 0.25) is 5.88 Å². The summed E-state index contributed by atoms with van der Waals surface area (Å²) in [5, 5.41) is 6.62. The number of halogens is 1. The fraction of sp³-hybridized carbons (Fsp3) is 0.273. The largest absolute Gasteiger partial charge is 0.490 e. The number of benzene rings is 1. The van der Waals surface area contributed by atoms with Gasteiger partial charge in [0.25, 0.3) is 0 Å². The molecule has 0 atom stereocenters. The first-order valence-corrected chi connectivity index (χ1v) is 10.3. The molecular weight excluding hydrogens is 511 g/mol. The zero-order valence-electron chi connectivity index (χ0n) is 17.3. The van der Waals surface area contributed by atoms with Crippen molar-refractivity contribution < 1.29 is 9.47 Å². The second-order valence-electron chi connectivity index (χ2n) is 6.28. The van der Waals surface area contributed by atoms with Crippen LogP contribution in [0.15, 0.2) is 59.7 Å². The molecule has 6 nitrogen and oxygen atoms in total. The highest BCUT2D eigenvalue weighted by Crippen LogP contribution is 2.30. The molecule has 0 spiro atoms. The second kappa shape index (κ2) is 12.4. The lowest BCUT2D eigenvalue weighted by atomic mass is 10.3. The van der Waals surface area contributed by atoms with E-state index in [1.54, 1.807) is 24.6 Å². The standard InChI is InChI=1S/C22H26N4O2S.HI/c1-4-27-19-7-5-6-8-20(19)28-21-12-10-17(13-24-21)14-25-22(23-3)26-15-18-11-9-16(2)29-18;/h5-13H,4,14-15H2,1-3H3,(H2,23,25,26);1H. The van der Waals surface area contributed by atoms with E-state index in [1.807, 2.05) is 43.3 Å². The lowest BCUT2D eigenvalue weighted by Gasteiger charge is -2.12. The molecular formula is C22H27IN4O2S. The number of hydrogen-bond donors (Lipinski definition) is 2. The van der Waals surface area contributed by atoms with Crippen LogP contribution < -0.4 is 20.1 Å². The van der Waals surface area contributed by atoms with Crippen molar-refractivity contribution in [2.24, 2.45) is 4.99 Å². The number of aromatic nitrogens is 1. The van der Waals surface area contributed by atoms with Crippen LogP contribution in [0, 0.1) is 6.92 Å². The highest BCUT2D eigenvalue weighted by molar-refractivity contribution is 14.0. The number of nitrogens with zero attached hydrogens (tertiary/aromatic N) is 2. The Balaban J connectivity index is 0.00000320. The lowest BCUT2D eigenvalue weighted by molar-refractivity contribution is 0.319. The van der Waals surface area contributed by atoms with Crippen LogP contribution in [-0.4, -0.2) is 24.6 Å². The third-order valence-electron chi connectivity index (χ3n) is 4.07. The molecule has 0 fully saturated rings. The summed E-state index contributed by atoms with van der Waals surface area (Å²) >= 11 is 1.78. The van der Waals surface area contributed by atoms with Gasteiger partial charge in [-0.3, -0.25) is 4.99 Å². The molecule has 2 aromatic heterocycles. The molecule has 3 rings (SSSR count). The predicted octanol–water partition coefficient (Wildman–Crippen LogP) is 5.13. The maximum Gasteiger partial charge on any atom is 0.219 e. The first-order valence-electron chi connectivity index (χ1n) is 9.52. The summed E-state index contributed by atoms with van der Waals surface area (Å²) in [6.07, 6.45) is 1.79. The Bertz CT molecular complexity index is 944. The number of ether oxygens (including phenoxy) is 2. The van der Waals surface area contributed by atoms with Crippen LogP contribution in [0.3, 0.4) is 0 Å². The third-order valence-corrected chi connectivity index (χ3v) is 5.07. The van der Waals surface area contributed by atoms with Gasteiger partial charge in [0, 0.05) is 35.6 Å². The molecule has 8 heteroatoms. The average Bonchev–Trinajstić information content (AvgIpc) is 3.16. The van der Waals surface area contributed by atoms with Crippen molar-refractivity contribution >= 4 is 41.3 Å². The van der Waals surface area contributed by atoms with Gasteiger partial charge >= 0.3 is 0 Å². The quantitative estimate of drug-likeness (QED) is 0.237. The molecule has 0 aliphatic rings. The summed E-state index contributed by atoms with van der Waals surface area (Å²) in [6.45, 7) is 6.01. The average molecular weight is 538 g/mol. The number of rotatable bonds is 8. The van der Waals surface area contributed by atoms with E-state index in [0.717, 1.165) is 18.1 Å². The molecule has 0 unspecified atom stereocenters. The van der Waals surface area contributed by atoms with Crippen molar-refractivity contribution in [3.63, 3.8) is 0 Å². The molecule has 0 aliphatic heterocycles. The number of pyridine rings is 1. The number of hydrogen-bond acceptors (Lipinski definition) is 5. The molecule has 30 heavy (non-hydrogen) atoms. The van der Waals surface area contributed by atoms with Gasteiger partial charge in [-0.05, 0) is 43.7 Å². The maximum atomic E-state index is 5.86. The van der Waals surface area contributed by atoms with Crippen molar-refractivity contribution in [2.45, 2.75) is 26.9 Å². The van der Waals surface area contributed by atoms with Crippen LogP contribution in [0.2, 0.25) is 0 Å². The van der Waals surface area contributed by atoms with E-state index in [4.69, 9.17) is 9.47 Å².